The van der Waals surface area contributed by atoms with Crippen LogP contribution in [0.2, 0.25) is 0 Å². The van der Waals surface area contributed by atoms with Crippen LogP contribution in [-0.4, -0.2) is 15.1 Å². The molecule has 3 rings (SSSR count). The molecule has 1 atom stereocenters. The number of halogens is 2. The summed E-state index contributed by atoms with van der Waals surface area (Å²) in [4.78, 5) is 16.7. The van der Waals surface area contributed by atoms with E-state index < -0.39 is 6.10 Å². The first-order valence-electron chi connectivity index (χ1n) is 6.31. The van der Waals surface area contributed by atoms with Crippen molar-refractivity contribution in [3.8, 4) is 0 Å². The predicted molar refractivity (Wildman–Crippen MR) is 89.6 cm³/mol. The molecule has 3 N–H and O–H groups in total. The molecule has 6 heteroatoms. The molecule has 0 spiro atoms. The van der Waals surface area contributed by atoms with E-state index in [1.165, 1.54) is 0 Å². The minimum absolute atomic E-state index is 0.262. The number of fused-ring (bicyclic) bond motifs is 1. The molecular weight excluding hydrogens is 400 g/mol. The summed E-state index contributed by atoms with van der Waals surface area (Å²) in [6.45, 7) is 1.99. The highest BCUT2D eigenvalue weighted by atomic mass is 79.9. The van der Waals surface area contributed by atoms with Crippen LogP contribution in [-0.2, 0) is 0 Å². The van der Waals surface area contributed by atoms with Gasteiger partial charge < -0.3 is 15.1 Å². The van der Waals surface area contributed by atoms with Crippen molar-refractivity contribution in [1.29, 1.82) is 0 Å². The normalized spacial score (nSPS) is 12.8. The van der Waals surface area contributed by atoms with Crippen LogP contribution < -0.4 is 5.69 Å². The van der Waals surface area contributed by atoms with E-state index in [0.717, 1.165) is 20.1 Å². The molecule has 0 amide bonds. The summed E-state index contributed by atoms with van der Waals surface area (Å²) in [7, 11) is 0. The standard InChI is InChI=1S/C15H12Br2N2O2/c1-7-2-3-8(4-10(7)16)14(20)9-5-12-13(6-11(9)17)19-15(21)18-12/h2-6,14,20H,1H3,(H2,18,19,21). The Morgan fingerprint density at radius 1 is 1.05 bits per heavy atom. The van der Waals surface area contributed by atoms with Crippen molar-refractivity contribution in [3.63, 3.8) is 0 Å². The maximum absolute atomic E-state index is 11.3. The Morgan fingerprint density at radius 2 is 1.71 bits per heavy atom. The number of H-pyrrole nitrogens is 2. The molecule has 0 aliphatic heterocycles. The summed E-state index contributed by atoms with van der Waals surface area (Å²) in [5.41, 5.74) is 3.70. The lowest BCUT2D eigenvalue weighted by molar-refractivity contribution is 0.219. The molecule has 21 heavy (non-hydrogen) atoms. The van der Waals surface area contributed by atoms with E-state index in [9.17, 15) is 9.90 Å². The van der Waals surface area contributed by atoms with Crippen LogP contribution >= 0.6 is 31.9 Å². The number of nitrogens with one attached hydrogen (secondary N) is 2. The number of imidazole rings is 1. The summed E-state index contributed by atoms with van der Waals surface area (Å²) < 4.78 is 1.70. The Bertz CT molecular complexity index is 883. The predicted octanol–water partition coefficient (Wildman–Crippen LogP) is 3.77. The summed E-state index contributed by atoms with van der Waals surface area (Å²) in [6, 6.07) is 9.30. The van der Waals surface area contributed by atoms with Gasteiger partial charge in [0, 0.05) is 14.5 Å². The highest BCUT2D eigenvalue weighted by molar-refractivity contribution is 9.10. The molecule has 0 bridgehead atoms. The number of aliphatic hydroxyl groups excluding tert-OH is 1. The summed E-state index contributed by atoms with van der Waals surface area (Å²) in [6.07, 6.45) is -0.779. The van der Waals surface area contributed by atoms with Crippen molar-refractivity contribution in [2.45, 2.75) is 13.0 Å². The number of hydrogen-bond donors (Lipinski definition) is 3. The van der Waals surface area contributed by atoms with Gasteiger partial charge in [-0.1, -0.05) is 44.0 Å². The first-order chi connectivity index (χ1) is 9.95. The topological polar surface area (TPSA) is 68.9 Å². The number of aryl methyl sites for hydroxylation is 1. The van der Waals surface area contributed by atoms with Crippen LogP contribution in [0.3, 0.4) is 0 Å². The second kappa shape index (κ2) is 5.44. The maximum Gasteiger partial charge on any atom is 0.323 e. The van der Waals surface area contributed by atoms with Gasteiger partial charge in [-0.2, -0.15) is 0 Å². The van der Waals surface area contributed by atoms with Crippen LogP contribution in [0.15, 0.2) is 44.1 Å². The van der Waals surface area contributed by atoms with Gasteiger partial charge in [0.1, 0.15) is 6.10 Å². The molecule has 0 fully saturated rings. The Morgan fingerprint density at radius 3 is 2.38 bits per heavy atom. The van der Waals surface area contributed by atoms with Crippen molar-refractivity contribution in [2.24, 2.45) is 0 Å². The molecule has 1 heterocycles. The number of aliphatic hydroxyl groups is 1. The first kappa shape index (κ1) is 14.6. The average molecular weight is 412 g/mol. The molecule has 4 nitrogen and oxygen atoms in total. The first-order valence-corrected chi connectivity index (χ1v) is 7.90. The molecule has 1 aromatic heterocycles. The van der Waals surface area contributed by atoms with Crippen molar-refractivity contribution in [2.75, 3.05) is 0 Å². The lowest BCUT2D eigenvalue weighted by Gasteiger charge is -2.14. The molecule has 108 valence electrons. The minimum Gasteiger partial charge on any atom is -0.384 e. The summed E-state index contributed by atoms with van der Waals surface area (Å²) in [5.74, 6) is 0. The largest absolute Gasteiger partial charge is 0.384 e. The SMILES string of the molecule is Cc1ccc(C(O)c2cc3[nH]c(=O)[nH]c3cc2Br)cc1Br. The van der Waals surface area contributed by atoms with E-state index in [1.807, 2.05) is 25.1 Å². The van der Waals surface area contributed by atoms with E-state index in [1.54, 1.807) is 12.1 Å². The molecule has 0 aliphatic rings. The van der Waals surface area contributed by atoms with Crippen LogP contribution in [0.4, 0.5) is 0 Å². The number of aromatic nitrogens is 2. The van der Waals surface area contributed by atoms with E-state index in [4.69, 9.17) is 0 Å². The fourth-order valence-electron chi connectivity index (χ4n) is 2.24. The molecule has 1 unspecified atom stereocenters. The molecular formula is C15H12Br2N2O2. The van der Waals surface area contributed by atoms with Gasteiger partial charge in [0.15, 0.2) is 0 Å². The highest BCUT2D eigenvalue weighted by Gasteiger charge is 2.16. The monoisotopic (exact) mass is 410 g/mol. The molecule has 0 radical (unpaired) electrons. The van der Waals surface area contributed by atoms with E-state index in [-0.39, 0.29) is 5.69 Å². The molecule has 0 aliphatic carbocycles. The molecule has 2 aromatic carbocycles. The van der Waals surface area contributed by atoms with Gasteiger partial charge in [0.25, 0.3) is 0 Å². The Balaban J connectivity index is 2.11. The summed E-state index contributed by atoms with van der Waals surface area (Å²) >= 11 is 6.92. The Labute approximate surface area is 137 Å². The fraction of sp³-hybridized carbons (Fsp3) is 0.133. The zero-order valence-corrected chi connectivity index (χ0v) is 14.2. The van der Waals surface area contributed by atoms with Gasteiger partial charge in [-0.3, -0.25) is 0 Å². The van der Waals surface area contributed by atoms with Crippen molar-refractivity contribution in [1.82, 2.24) is 9.97 Å². The second-order valence-electron chi connectivity index (χ2n) is 4.91. The van der Waals surface area contributed by atoms with Gasteiger partial charge in [-0.15, -0.1) is 0 Å². The number of benzene rings is 2. The van der Waals surface area contributed by atoms with E-state index in [2.05, 4.69) is 41.8 Å². The number of aromatic amines is 2. The van der Waals surface area contributed by atoms with Gasteiger partial charge >= 0.3 is 5.69 Å². The molecule has 0 saturated carbocycles. The second-order valence-corrected chi connectivity index (χ2v) is 6.62. The molecule has 0 saturated heterocycles. The number of rotatable bonds is 2. The van der Waals surface area contributed by atoms with E-state index in [0.29, 0.717) is 16.6 Å². The highest BCUT2D eigenvalue weighted by Crippen LogP contribution is 2.32. The van der Waals surface area contributed by atoms with Crippen LogP contribution in [0.25, 0.3) is 11.0 Å². The zero-order valence-electron chi connectivity index (χ0n) is 11.1. The van der Waals surface area contributed by atoms with Crippen LogP contribution in [0.1, 0.15) is 22.8 Å². The maximum atomic E-state index is 11.3. The van der Waals surface area contributed by atoms with Gasteiger partial charge in [0.2, 0.25) is 0 Å². The average Bonchev–Trinajstić information content (AvgIpc) is 2.79. The minimum atomic E-state index is -0.779. The zero-order chi connectivity index (χ0) is 15.1. The van der Waals surface area contributed by atoms with Crippen LogP contribution in [0, 0.1) is 6.92 Å². The fourth-order valence-corrected chi connectivity index (χ4v) is 3.20. The number of hydrogen-bond acceptors (Lipinski definition) is 2. The third-order valence-corrected chi connectivity index (χ3v) is 4.98. The summed E-state index contributed by atoms with van der Waals surface area (Å²) in [5, 5.41) is 10.6. The lowest BCUT2D eigenvalue weighted by atomic mass is 10.00. The Kier molecular flexibility index (Phi) is 3.77. The van der Waals surface area contributed by atoms with Crippen LogP contribution in [0.5, 0.6) is 0 Å². The smallest absolute Gasteiger partial charge is 0.323 e. The van der Waals surface area contributed by atoms with Gasteiger partial charge in [-0.05, 0) is 36.2 Å². The van der Waals surface area contributed by atoms with Gasteiger partial charge in [-0.25, -0.2) is 4.79 Å². The third-order valence-electron chi connectivity index (χ3n) is 3.44. The quantitative estimate of drug-likeness (QED) is 0.600. The lowest BCUT2D eigenvalue weighted by Crippen LogP contribution is -2.01. The molecule has 3 aromatic rings. The van der Waals surface area contributed by atoms with Gasteiger partial charge in [0.05, 0.1) is 11.0 Å². The third kappa shape index (κ3) is 2.71. The van der Waals surface area contributed by atoms with E-state index >= 15 is 0 Å². The van der Waals surface area contributed by atoms with Crippen molar-refractivity contribution >= 4 is 42.9 Å². The van der Waals surface area contributed by atoms with Crippen molar-refractivity contribution < 1.29 is 5.11 Å². The van der Waals surface area contributed by atoms with Crippen molar-refractivity contribution in [3.05, 3.63) is 66.5 Å². The Hall–Kier alpha value is -1.37.